The molecule has 0 aliphatic heterocycles. The van der Waals surface area contributed by atoms with Gasteiger partial charge in [0.15, 0.2) is 9.84 Å². The number of nitrogens with zero attached hydrogens (tertiary/aromatic N) is 2. The first-order chi connectivity index (χ1) is 14.2. The van der Waals surface area contributed by atoms with E-state index in [1.807, 2.05) is 0 Å². The molecule has 0 fully saturated rings. The molecule has 1 unspecified atom stereocenters. The molecule has 1 amide bonds. The minimum atomic E-state index is -3.92. The molecule has 2 rings (SSSR count). The third-order valence-corrected chi connectivity index (χ3v) is 6.80. The van der Waals surface area contributed by atoms with Crippen LogP contribution in [0.1, 0.15) is 24.1 Å². The molecule has 0 aliphatic rings. The standard InChI is InChI=1S/C19H23N3O7S2/c1-13-5-8-16(22(24)25)11-18(13)21(31(4,28)29)12-19(23)20-14(2)15-6-9-17(10-7-15)30(3,26)27/h5-11,14H,12H2,1-4H3,(H,20,23). The fourth-order valence-corrected chi connectivity index (χ4v) is 4.40. The third-order valence-electron chi connectivity index (χ3n) is 4.55. The smallest absolute Gasteiger partial charge is 0.271 e. The van der Waals surface area contributed by atoms with Gasteiger partial charge in [0.1, 0.15) is 6.54 Å². The number of anilines is 1. The lowest BCUT2D eigenvalue weighted by Gasteiger charge is -2.24. The molecule has 12 heteroatoms. The van der Waals surface area contributed by atoms with Crippen LogP contribution in [0.2, 0.25) is 0 Å². The number of amides is 1. The molecular formula is C19H23N3O7S2. The fraction of sp³-hybridized carbons (Fsp3) is 0.316. The highest BCUT2D eigenvalue weighted by Gasteiger charge is 2.25. The number of rotatable bonds is 8. The van der Waals surface area contributed by atoms with Gasteiger partial charge in [-0.05, 0) is 37.1 Å². The number of hydrogen-bond donors (Lipinski definition) is 1. The maximum absolute atomic E-state index is 12.6. The van der Waals surface area contributed by atoms with Crippen LogP contribution in [0.25, 0.3) is 0 Å². The predicted octanol–water partition coefficient (Wildman–Crippen LogP) is 1.95. The van der Waals surface area contributed by atoms with Crippen molar-refractivity contribution in [1.29, 1.82) is 0 Å². The van der Waals surface area contributed by atoms with Gasteiger partial charge < -0.3 is 5.32 Å². The van der Waals surface area contributed by atoms with E-state index in [0.29, 0.717) is 11.1 Å². The quantitative estimate of drug-likeness (QED) is 0.459. The molecule has 0 aromatic heterocycles. The topological polar surface area (TPSA) is 144 Å². The number of sulfone groups is 1. The highest BCUT2D eigenvalue weighted by molar-refractivity contribution is 7.92. The summed E-state index contributed by atoms with van der Waals surface area (Å²) in [6, 6.07) is 9.19. The Kier molecular flexibility index (Phi) is 7.06. The number of nitro groups is 1. The number of benzene rings is 2. The van der Waals surface area contributed by atoms with Crippen LogP contribution in [-0.4, -0.2) is 46.7 Å². The van der Waals surface area contributed by atoms with Gasteiger partial charge in [0.25, 0.3) is 5.69 Å². The first-order valence-corrected chi connectivity index (χ1v) is 12.8. The van der Waals surface area contributed by atoms with Gasteiger partial charge >= 0.3 is 0 Å². The molecule has 31 heavy (non-hydrogen) atoms. The van der Waals surface area contributed by atoms with Crippen molar-refractivity contribution in [3.05, 3.63) is 63.7 Å². The summed E-state index contributed by atoms with van der Waals surface area (Å²) in [7, 11) is -7.27. The number of carbonyl (C=O) groups excluding carboxylic acids is 1. The maximum atomic E-state index is 12.6. The second-order valence-corrected chi connectivity index (χ2v) is 11.1. The fourth-order valence-electron chi connectivity index (χ4n) is 2.87. The molecule has 2 aromatic carbocycles. The molecule has 0 heterocycles. The van der Waals surface area contributed by atoms with Gasteiger partial charge in [0.05, 0.1) is 27.8 Å². The predicted molar refractivity (Wildman–Crippen MR) is 116 cm³/mol. The molecule has 0 saturated carbocycles. The van der Waals surface area contributed by atoms with E-state index in [4.69, 9.17) is 0 Å². The second kappa shape index (κ2) is 9.02. The first-order valence-electron chi connectivity index (χ1n) is 9.02. The summed E-state index contributed by atoms with van der Waals surface area (Å²) >= 11 is 0. The van der Waals surface area contributed by atoms with Crippen LogP contribution in [0.3, 0.4) is 0 Å². The number of nitro benzene ring substituents is 1. The van der Waals surface area contributed by atoms with Gasteiger partial charge in [0, 0.05) is 18.4 Å². The zero-order chi connectivity index (χ0) is 23.6. The lowest BCUT2D eigenvalue weighted by atomic mass is 10.1. The van der Waals surface area contributed by atoms with Crippen molar-refractivity contribution in [3.63, 3.8) is 0 Å². The van der Waals surface area contributed by atoms with Crippen molar-refractivity contribution in [2.75, 3.05) is 23.4 Å². The van der Waals surface area contributed by atoms with Gasteiger partial charge in [-0.15, -0.1) is 0 Å². The van der Waals surface area contributed by atoms with E-state index < -0.39 is 43.3 Å². The lowest BCUT2D eigenvalue weighted by molar-refractivity contribution is -0.384. The Morgan fingerprint density at radius 3 is 2.16 bits per heavy atom. The average molecular weight is 470 g/mol. The lowest BCUT2D eigenvalue weighted by Crippen LogP contribution is -2.41. The van der Waals surface area contributed by atoms with Crippen molar-refractivity contribution < 1.29 is 26.6 Å². The molecule has 1 N–H and O–H groups in total. The summed E-state index contributed by atoms with van der Waals surface area (Å²) in [5, 5.41) is 13.7. The van der Waals surface area contributed by atoms with Gasteiger partial charge in [-0.3, -0.25) is 19.2 Å². The Labute approximate surface area is 181 Å². The molecule has 2 aromatic rings. The molecule has 0 spiro atoms. The van der Waals surface area contributed by atoms with Crippen molar-refractivity contribution in [1.82, 2.24) is 5.32 Å². The highest BCUT2D eigenvalue weighted by Crippen LogP contribution is 2.27. The Balaban J connectivity index is 2.24. The summed E-state index contributed by atoms with van der Waals surface area (Å²) < 4.78 is 48.5. The number of aryl methyl sites for hydroxylation is 1. The van der Waals surface area contributed by atoms with Gasteiger partial charge in [-0.25, -0.2) is 16.8 Å². The summed E-state index contributed by atoms with van der Waals surface area (Å²) in [5.41, 5.74) is 0.817. The van der Waals surface area contributed by atoms with E-state index in [0.717, 1.165) is 22.9 Å². The number of non-ortho nitro benzene ring substituents is 1. The number of sulfonamides is 1. The largest absolute Gasteiger partial charge is 0.348 e. The highest BCUT2D eigenvalue weighted by atomic mass is 32.2. The van der Waals surface area contributed by atoms with Gasteiger partial charge in [0.2, 0.25) is 15.9 Å². The molecule has 0 aliphatic carbocycles. The molecule has 0 saturated heterocycles. The Morgan fingerprint density at radius 2 is 1.68 bits per heavy atom. The van der Waals surface area contributed by atoms with Crippen LogP contribution < -0.4 is 9.62 Å². The van der Waals surface area contributed by atoms with Gasteiger partial charge in [-0.2, -0.15) is 0 Å². The van der Waals surface area contributed by atoms with Crippen molar-refractivity contribution in [2.45, 2.75) is 24.8 Å². The normalized spacial score (nSPS) is 12.8. The zero-order valence-corrected chi connectivity index (χ0v) is 19.0. The molecular weight excluding hydrogens is 446 g/mol. The van der Waals surface area contributed by atoms with E-state index >= 15 is 0 Å². The second-order valence-electron chi connectivity index (χ2n) is 7.13. The number of nitrogens with one attached hydrogen (secondary N) is 1. The third kappa shape index (κ3) is 6.25. The van der Waals surface area contributed by atoms with E-state index in [1.165, 1.54) is 24.3 Å². The summed E-state index contributed by atoms with van der Waals surface area (Å²) in [6.45, 7) is 2.67. The van der Waals surface area contributed by atoms with Crippen LogP contribution in [-0.2, 0) is 24.7 Å². The van der Waals surface area contributed by atoms with Crippen molar-refractivity contribution in [2.24, 2.45) is 0 Å². The Hall–Kier alpha value is -2.99. The zero-order valence-electron chi connectivity index (χ0n) is 17.4. The van der Waals surface area contributed by atoms with E-state index in [-0.39, 0.29) is 16.3 Å². The van der Waals surface area contributed by atoms with Crippen molar-refractivity contribution in [3.8, 4) is 0 Å². The summed E-state index contributed by atoms with van der Waals surface area (Å²) in [5.74, 6) is -0.629. The minimum Gasteiger partial charge on any atom is -0.348 e. The number of hydrogen-bond acceptors (Lipinski definition) is 7. The van der Waals surface area contributed by atoms with Crippen molar-refractivity contribution >= 4 is 37.1 Å². The van der Waals surface area contributed by atoms with Crippen LogP contribution in [0.5, 0.6) is 0 Å². The molecule has 0 radical (unpaired) electrons. The van der Waals surface area contributed by atoms with Crippen LogP contribution in [0, 0.1) is 17.0 Å². The van der Waals surface area contributed by atoms with Crippen LogP contribution in [0.4, 0.5) is 11.4 Å². The Morgan fingerprint density at radius 1 is 1.10 bits per heavy atom. The first kappa shape index (κ1) is 24.3. The van der Waals surface area contributed by atoms with E-state index in [1.54, 1.807) is 26.0 Å². The summed E-state index contributed by atoms with van der Waals surface area (Å²) in [4.78, 5) is 23.1. The maximum Gasteiger partial charge on any atom is 0.271 e. The molecule has 1 atom stereocenters. The van der Waals surface area contributed by atoms with E-state index in [9.17, 15) is 31.7 Å². The minimum absolute atomic E-state index is 0.0389. The number of carbonyl (C=O) groups is 1. The van der Waals surface area contributed by atoms with Gasteiger partial charge in [-0.1, -0.05) is 18.2 Å². The molecule has 10 nitrogen and oxygen atoms in total. The van der Waals surface area contributed by atoms with E-state index in [2.05, 4.69) is 5.32 Å². The monoisotopic (exact) mass is 469 g/mol. The summed E-state index contributed by atoms with van der Waals surface area (Å²) in [6.07, 6.45) is 1.99. The van der Waals surface area contributed by atoms with Crippen LogP contribution in [0.15, 0.2) is 47.4 Å². The van der Waals surface area contributed by atoms with Crippen LogP contribution >= 0.6 is 0 Å². The molecule has 0 bridgehead atoms. The molecule has 168 valence electrons. The Bertz CT molecular complexity index is 1210. The average Bonchev–Trinajstić information content (AvgIpc) is 2.65. The SMILES string of the molecule is Cc1ccc([N+](=O)[O-])cc1N(CC(=O)NC(C)c1ccc(S(C)(=O)=O)cc1)S(C)(=O)=O.